The van der Waals surface area contributed by atoms with Crippen LogP contribution in [0, 0.1) is 5.92 Å². The summed E-state index contributed by atoms with van der Waals surface area (Å²) in [7, 11) is 0. The topological polar surface area (TPSA) is 71.2 Å². The van der Waals surface area contributed by atoms with Gasteiger partial charge in [0, 0.05) is 28.1 Å². The van der Waals surface area contributed by atoms with Crippen LogP contribution in [0.15, 0.2) is 30.9 Å². The van der Waals surface area contributed by atoms with E-state index < -0.39 is 11.5 Å². The second kappa shape index (κ2) is 6.10. The summed E-state index contributed by atoms with van der Waals surface area (Å²) in [6, 6.07) is 4.88. The van der Waals surface area contributed by atoms with Gasteiger partial charge in [-0.1, -0.05) is 36.2 Å². The van der Waals surface area contributed by atoms with Crippen LogP contribution >= 0.6 is 23.2 Å². The first kappa shape index (κ1) is 15.3. The average molecular weight is 316 g/mol. The van der Waals surface area contributed by atoms with Crippen LogP contribution < -0.4 is 0 Å². The number of hydrogen-bond acceptors (Lipinski definition) is 4. The van der Waals surface area contributed by atoms with Crippen molar-refractivity contribution in [3.63, 3.8) is 0 Å². The molecule has 5 nitrogen and oxygen atoms in total. The lowest BCUT2D eigenvalue weighted by atomic mass is 9.82. The van der Waals surface area contributed by atoms with Crippen molar-refractivity contribution >= 4 is 23.2 Å². The number of halogens is 2. The molecular weight excluding hydrogens is 301 g/mol. The zero-order valence-electron chi connectivity index (χ0n) is 10.9. The van der Waals surface area contributed by atoms with Gasteiger partial charge in [-0.05, 0) is 12.1 Å². The van der Waals surface area contributed by atoms with Crippen LogP contribution in [0.4, 0.5) is 0 Å². The summed E-state index contributed by atoms with van der Waals surface area (Å²) in [5.74, 6) is -0.439. The van der Waals surface area contributed by atoms with Crippen molar-refractivity contribution in [1.29, 1.82) is 0 Å². The number of aromatic nitrogens is 3. The molecule has 2 aromatic rings. The van der Waals surface area contributed by atoms with Crippen molar-refractivity contribution in [3.8, 4) is 0 Å². The number of aliphatic hydroxyl groups excluding tert-OH is 1. The maximum absolute atomic E-state index is 11.0. The molecule has 0 amide bonds. The van der Waals surface area contributed by atoms with E-state index in [0.29, 0.717) is 15.6 Å². The van der Waals surface area contributed by atoms with Crippen molar-refractivity contribution < 1.29 is 10.2 Å². The fourth-order valence-electron chi connectivity index (χ4n) is 2.06. The molecular formula is C13H15Cl2N3O2. The zero-order valence-corrected chi connectivity index (χ0v) is 12.4. The molecule has 0 aliphatic heterocycles. The van der Waals surface area contributed by atoms with Crippen molar-refractivity contribution in [1.82, 2.24) is 14.8 Å². The summed E-state index contributed by atoms with van der Waals surface area (Å²) in [4.78, 5) is 3.85. The molecule has 2 rings (SSSR count). The molecule has 7 heteroatoms. The molecule has 2 N–H and O–H groups in total. The number of nitrogens with zero attached hydrogens (tertiary/aromatic N) is 3. The second-order valence-corrected chi connectivity index (χ2v) is 5.57. The third-order valence-corrected chi connectivity index (χ3v) is 3.90. The van der Waals surface area contributed by atoms with E-state index in [1.807, 2.05) is 0 Å². The fraction of sp³-hybridized carbons (Fsp3) is 0.385. The van der Waals surface area contributed by atoms with Crippen LogP contribution in [0.2, 0.25) is 10.0 Å². The van der Waals surface area contributed by atoms with Crippen LogP contribution in [0.25, 0.3) is 0 Å². The van der Waals surface area contributed by atoms with E-state index in [0.717, 1.165) is 0 Å². The Balaban J connectivity index is 2.45. The molecule has 20 heavy (non-hydrogen) atoms. The minimum atomic E-state index is -1.37. The Hall–Kier alpha value is -1.14. The van der Waals surface area contributed by atoms with E-state index in [1.54, 1.807) is 25.1 Å². The maximum Gasteiger partial charge on any atom is 0.137 e. The number of hydrogen-bond donors (Lipinski definition) is 2. The molecule has 0 unspecified atom stereocenters. The van der Waals surface area contributed by atoms with Gasteiger partial charge in [0.2, 0.25) is 0 Å². The van der Waals surface area contributed by atoms with E-state index >= 15 is 0 Å². The van der Waals surface area contributed by atoms with E-state index in [4.69, 9.17) is 23.2 Å². The van der Waals surface area contributed by atoms with Crippen molar-refractivity contribution in [3.05, 3.63) is 46.5 Å². The van der Waals surface area contributed by atoms with Gasteiger partial charge in [-0.2, -0.15) is 5.10 Å². The maximum atomic E-state index is 11.0. The smallest absolute Gasteiger partial charge is 0.137 e. The number of benzene rings is 1. The Morgan fingerprint density at radius 3 is 2.70 bits per heavy atom. The molecule has 0 bridgehead atoms. The highest BCUT2D eigenvalue weighted by atomic mass is 35.5. The van der Waals surface area contributed by atoms with E-state index in [1.165, 1.54) is 17.3 Å². The first-order chi connectivity index (χ1) is 9.47. The molecule has 1 aromatic carbocycles. The Labute approximate surface area is 126 Å². The van der Waals surface area contributed by atoms with Gasteiger partial charge in [-0.15, -0.1) is 0 Å². The molecule has 0 spiro atoms. The largest absolute Gasteiger partial charge is 0.396 e. The zero-order chi connectivity index (χ0) is 14.8. The van der Waals surface area contributed by atoms with Crippen LogP contribution in [-0.2, 0) is 12.1 Å². The van der Waals surface area contributed by atoms with Crippen molar-refractivity contribution in [2.75, 3.05) is 6.61 Å². The van der Waals surface area contributed by atoms with Gasteiger partial charge in [-0.3, -0.25) is 0 Å². The lowest BCUT2D eigenvalue weighted by Gasteiger charge is -2.34. The first-order valence-electron chi connectivity index (χ1n) is 6.08. The predicted octanol–water partition coefficient (Wildman–Crippen LogP) is 2.10. The third kappa shape index (κ3) is 2.96. The SMILES string of the molecule is C[C@@H](CO)[C@](O)(Cn1cncn1)c1ccc(Cl)cc1Cl. The Kier molecular flexibility index (Phi) is 4.65. The minimum Gasteiger partial charge on any atom is -0.396 e. The molecule has 1 aromatic heterocycles. The summed E-state index contributed by atoms with van der Waals surface area (Å²) >= 11 is 12.1. The average Bonchev–Trinajstić information content (AvgIpc) is 2.90. The molecule has 0 saturated carbocycles. The highest BCUT2D eigenvalue weighted by Gasteiger charge is 2.38. The third-order valence-electron chi connectivity index (χ3n) is 3.36. The van der Waals surface area contributed by atoms with Gasteiger partial charge >= 0.3 is 0 Å². The molecule has 108 valence electrons. The quantitative estimate of drug-likeness (QED) is 0.886. The molecule has 1 heterocycles. The highest BCUT2D eigenvalue weighted by Crippen LogP contribution is 2.36. The van der Waals surface area contributed by atoms with E-state index in [9.17, 15) is 10.2 Å². The molecule has 0 aliphatic carbocycles. The summed E-state index contributed by atoms with van der Waals surface area (Å²) in [5, 5.41) is 25.3. The standard InChI is InChI=1S/C13H15Cl2N3O2/c1-9(5-19)13(20,6-18-8-16-7-17-18)11-3-2-10(14)4-12(11)15/h2-4,7-9,19-20H,5-6H2,1H3/t9-,13+/m0/s1. The van der Waals surface area contributed by atoms with Gasteiger partial charge in [0.25, 0.3) is 0 Å². The molecule has 0 aliphatic rings. The Bertz CT molecular complexity index is 577. The molecule has 0 fully saturated rings. The minimum absolute atomic E-state index is 0.135. The van der Waals surface area contributed by atoms with Gasteiger partial charge in [0.05, 0.1) is 6.54 Å². The van der Waals surface area contributed by atoms with Gasteiger partial charge in [0.1, 0.15) is 18.3 Å². The van der Waals surface area contributed by atoms with Gasteiger partial charge < -0.3 is 10.2 Å². The Morgan fingerprint density at radius 2 is 2.15 bits per heavy atom. The summed E-state index contributed by atoms with van der Waals surface area (Å²) in [5.41, 5.74) is -0.870. The van der Waals surface area contributed by atoms with Gasteiger partial charge in [0.15, 0.2) is 0 Å². The summed E-state index contributed by atoms with van der Waals surface area (Å²) in [6.07, 6.45) is 2.88. The first-order valence-corrected chi connectivity index (χ1v) is 6.84. The molecule has 0 saturated heterocycles. The van der Waals surface area contributed by atoms with E-state index in [-0.39, 0.29) is 13.2 Å². The number of rotatable bonds is 5. The molecule has 0 radical (unpaired) electrons. The lowest BCUT2D eigenvalue weighted by Crippen LogP contribution is -2.40. The van der Waals surface area contributed by atoms with Crippen LogP contribution in [0.1, 0.15) is 12.5 Å². The normalized spacial score (nSPS) is 15.8. The van der Waals surface area contributed by atoms with Crippen molar-refractivity contribution in [2.24, 2.45) is 5.92 Å². The van der Waals surface area contributed by atoms with Gasteiger partial charge in [-0.25, -0.2) is 9.67 Å². The van der Waals surface area contributed by atoms with E-state index in [2.05, 4.69) is 10.1 Å². The second-order valence-electron chi connectivity index (χ2n) is 4.73. The summed E-state index contributed by atoms with van der Waals surface area (Å²) < 4.78 is 1.50. The monoisotopic (exact) mass is 315 g/mol. The molecule has 2 atom stereocenters. The summed E-state index contributed by atoms with van der Waals surface area (Å²) in [6.45, 7) is 1.68. The number of aliphatic hydroxyl groups is 2. The van der Waals surface area contributed by atoms with Crippen LogP contribution in [0.5, 0.6) is 0 Å². The fourth-order valence-corrected chi connectivity index (χ4v) is 2.63. The Morgan fingerprint density at radius 1 is 1.40 bits per heavy atom. The lowest BCUT2D eigenvalue weighted by molar-refractivity contribution is -0.0539. The van der Waals surface area contributed by atoms with Crippen LogP contribution in [0.3, 0.4) is 0 Å². The van der Waals surface area contributed by atoms with Crippen molar-refractivity contribution in [2.45, 2.75) is 19.1 Å². The predicted molar refractivity (Wildman–Crippen MR) is 76.6 cm³/mol. The highest BCUT2D eigenvalue weighted by molar-refractivity contribution is 6.35. The van der Waals surface area contributed by atoms with Crippen LogP contribution in [-0.4, -0.2) is 31.6 Å².